The number of aromatic nitrogens is 2. The standard InChI is InChI=1S/C18H27N5/c1-14-5-7-17(8-6-14)15(2)11-21-18(19-3)20-10-9-16-12-22-23(4)13-16/h5-8,12-13,15H,9-11H2,1-4H3,(H2,19,20,21). The molecule has 0 saturated carbocycles. The second kappa shape index (κ2) is 8.36. The van der Waals surface area contributed by atoms with Gasteiger partial charge in [-0.25, -0.2) is 0 Å². The molecule has 0 aliphatic heterocycles. The maximum Gasteiger partial charge on any atom is 0.191 e. The highest BCUT2D eigenvalue weighted by molar-refractivity contribution is 5.79. The predicted molar refractivity (Wildman–Crippen MR) is 95.9 cm³/mol. The Bertz CT molecular complexity index is 627. The van der Waals surface area contributed by atoms with Crippen molar-refractivity contribution in [3.05, 3.63) is 53.3 Å². The molecule has 0 bridgehead atoms. The molecule has 2 aromatic rings. The van der Waals surface area contributed by atoms with E-state index in [9.17, 15) is 0 Å². The summed E-state index contributed by atoms with van der Waals surface area (Å²) in [5, 5.41) is 10.9. The average Bonchev–Trinajstić information content (AvgIpc) is 2.96. The van der Waals surface area contributed by atoms with Gasteiger partial charge >= 0.3 is 0 Å². The van der Waals surface area contributed by atoms with Gasteiger partial charge in [-0.15, -0.1) is 0 Å². The summed E-state index contributed by atoms with van der Waals surface area (Å²) >= 11 is 0. The second-order valence-corrected chi connectivity index (χ2v) is 5.96. The summed E-state index contributed by atoms with van der Waals surface area (Å²) in [6, 6.07) is 8.71. The number of aryl methyl sites for hydroxylation is 2. The van der Waals surface area contributed by atoms with E-state index in [1.807, 2.05) is 24.1 Å². The molecule has 23 heavy (non-hydrogen) atoms. The van der Waals surface area contributed by atoms with E-state index in [1.54, 1.807) is 7.05 Å². The second-order valence-electron chi connectivity index (χ2n) is 5.96. The molecule has 5 heteroatoms. The summed E-state index contributed by atoms with van der Waals surface area (Å²) in [5.74, 6) is 1.28. The first-order valence-electron chi connectivity index (χ1n) is 8.07. The van der Waals surface area contributed by atoms with Crippen molar-refractivity contribution in [2.24, 2.45) is 12.0 Å². The van der Waals surface area contributed by atoms with Crippen LogP contribution in [0.4, 0.5) is 0 Å². The minimum absolute atomic E-state index is 0.437. The first-order chi connectivity index (χ1) is 11.1. The van der Waals surface area contributed by atoms with Crippen molar-refractivity contribution >= 4 is 5.96 Å². The van der Waals surface area contributed by atoms with Crippen LogP contribution < -0.4 is 10.6 Å². The van der Waals surface area contributed by atoms with Crippen LogP contribution in [0.5, 0.6) is 0 Å². The molecule has 0 spiro atoms. The Kier molecular flexibility index (Phi) is 6.20. The molecule has 2 rings (SSSR count). The van der Waals surface area contributed by atoms with Crippen molar-refractivity contribution in [3.63, 3.8) is 0 Å². The van der Waals surface area contributed by atoms with Crippen molar-refractivity contribution < 1.29 is 0 Å². The number of hydrogen-bond donors (Lipinski definition) is 2. The number of guanidine groups is 1. The molecule has 1 unspecified atom stereocenters. The van der Waals surface area contributed by atoms with Crippen LogP contribution in [0.3, 0.4) is 0 Å². The SMILES string of the molecule is CN=C(NCCc1cnn(C)c1)NCC(C)c1ccc(C)cc1. The largest absolute Gasteiger partial charge is 0.356 e. The quantitative estimate of drug-likeness (QED) is 0.635. The predicted octanol–water partition coefficient (Wildman–Crippen LogP) is 2.24. The fourth-order valence-corrected chi connectivity index (χ4v) is 2.41. The third-order valence-corrected chi connectivity index (χ3v) is 3.91. The van der Waals surface area contributed by atoms with E-state index < -0.39 is 0 Å². The molecular formula is C18H27N5. The van der Waals surface area contributed by atoms with Crippen molar-refractivity contribution in [2.45, 2.75) is 26.2 Å². The van der Waals surface area contributed by atoms with Crippen molar-refractivity contribution in [2.75, 3.05) is 20.1 Å². The van der Waals surface area contributed by atoms with Gasteiger partial charge in [0.15, 0.2) is 5.96 Å². The maximum absolute atomic E-state index is 4.28. The van der Waals surface area contributed by atoms with E-state index in [4.69, 9.17) is 0 Å². The van der Waals surface area contributed by atoms with E-state index in [0.717, 1.165) is 25.5 Å². The van der Waals surface area contributed by atoms with Gasteiger partial charge in [-0.3, -0.25) is 9.67 Å². The van der Waals surface area contributed by atoms with Gasteiger partial charge in [0.1, 0.15) is 0 Å². The van der Waals surface area contributed by atoms with Gasteiger partial charge in [0.05, 0.1) is 6.20 Å². The molecule has 2 N–H and O–H groups in total. The number of nitrogens with one attached hydrogen (secondary N) is 2. The lowest BCUT2D eigenvalue weighted by Gasteiger charge is -2.16. The maximum atomic E-state index is 4.28. The first kappa shape index (κ1) is 17.1. The van der Waals surface area contributed by atoms with Gasteiger partial charge in [0, 0.05) is 33.4 Å². The monoisotopic (exact) mass is 313 g/mol. The number of nitrogens with zero attached hydrogens (tertiary/aromatic N) is 3. The van der Waals surface area contributed by atoms with Crippen LogP contribution >= 0.6 is 0 Å². The molecule has 1 aromatic carbocycles. The van der Waals surface area contributed by atoms with Crippen molar-refractivity contribution in [1.82, 2.24) is 20.4 Å². The molecule has 1 heterocycles. The average molecular weight is 313 g/mol. The molecule has 0 saturated heterocycles. The van der Waals surface area contributed by atoms with Gasteiger partial charge in [-0.2, -0.15) is 5.10 Å². The summed E-state index contributed by atoms with van der Waals surface area (Å²) < 4.78 is 1.83. The van der Waals surface area contributed by atoms with Crippen molar-refractivity contribution in [1.29, 1.82) is 0 Å². The van der Waals surface area contributed by atoms with Gasteiger partial charge in [-0.1, -0.05) is 36.8 Å². The summed E-state index contributed by atoms with van der Waals surface area (Å²) in [5.41, 5.74) is 3.86. The van der Waals surface area contributed by atoms with Gasteiger partial charge < -0.3 is 10.6 Å². The third-order valence-electron chi connectivity index (χ3n) is 3.91. The van der Waals surface area contributed by atoms with Crippen LogP contribution in [-0.4, -0.2) is 35.9 Å². The fourth-order valence-electron chi connectivity index (χ4n) is 2.41. The minimum atomic E-state index is 0.437. The number of hydrogen-bond acceptors (Lipinski definition) is 2. The fraction of sp³-hybridized carbons (Fsp3) is 0.444. The Morgan fingerprint density at radius 2 is 2.00 bits per heavy atom. The van der Waals surface area contributed by atoms with Crippen LogP contribution in [0.1, 0.15) is 29.5 Å². The molecule has 1 aromatic heterocycles. The Labute approximate surface area is 138 Å². The smallest absolute Gasteiger partial charge is 0.191 e. The zero-order valence-electron chi connectivity index (χ0n) is 14.5. The van der Waals surface area contributed by atoms with Crippen LogP contribution in [0, 0.1) is 6.92 Å². The first-order valence-corrected chi connectivity index (χ1v) is 8.07. The highest BCUT2D eigenvalue weighted by Crippen LogP contribution is 2.14. The van der Waals surface area contributed by atoms with E-state index >= 15 is 0 Å². The lowest BCUT2D eigenvalue weighted by atomic mass is 10.0. The minimum Gasteiger partial charge on any atom is -0.356 e. The Morgan fingerprint density at radius 3 is 2.61 bits per heavy atom. The van der Waals surface area contributed by atoms with Gasteiger partial charge in [0.2, 0.25) is 0 Å². The Balaban J connectivity index is 1.75. The van der Waals surface area contributed by atoms with Gasteiger partial charge in [-0.05, 0) is 30.4 Å². The number of aliphatic imine (C=N–C) groups is 1. The van der Waals surface area contributed by atoms with Crippen LogP contribution in [0.2, 0.25) is 0 Å². The van der Waals surface area contributed by atoms with Crippen molar-refractivity contribution in [3.8, 4) is 0 Å². The highest BCUT2D eigenvalue weighted by atomic mass is 15.2. The van der Waals surface area contributed by atoms with E-state index in [-0.39, 0.29) is 0 Å². The number of benzene rings is 1. The van der Waals surface area contributed by atoms with E-state index in [2.05, 4.69) is 58.8 Å². The normalized spacial score (nSPS) is 13.0. The zero-order valence-corrected chi connectivity index (χ0v) is 14.5. The molecule has 0 amide bonds. The molecule has 0 aliphatic rings. The van der Waals surface area contributed by atoms with Crippen LogP contribution in [0.25, 0.3) is 0 Å². The summed E-state index contributed by atoms with van der Waals surface area (Å²) in [4.78, 5) is 4.28. The highest BCUT2D eigenvalue weighted by Gasteiger charge is 2.06. The summed E-state index contributed by atoms with van der Waals surface area (Å²) in [7, 11) is 3.74. The van der Waals surface area contributed by atoms with Gasteiger partial charge in [0.25, 0.3) is 0 Å². The third kappa shape index (κ3) is 5.43. The number of rotatable bonds is 6. The zero-order chi connectivity index (χ0) is 16.7. The topological polar surface area (TPSA) is 54.2 Å². The molecule has 0 fully saturated rings. The lowest BCUT2D eigenvalue weighted by Crippen LogP contribution is -2.39. The summed E-state index contributed by atoms with van der Waals surface area (Å²) in [6.45, 7) is 6.03. The molecule has 0 radical (unpaired) electrons. The molecule has 124 valence electrons. The van der Waals surface area contributed by atoms with E-state index in [1.165, 1.54) is 16.7 Å². The van der Waals surface area contributed by atoms with Crippen LogP contribution in [-0.2, 0) is 13.5 Å². The lowest BCUT2D eigenvalue weighted by molar-refractivity contribution is 0.697. The molecular weight excluding hydrogens is 286 g/mol. The Morgan fingerprint density at radius 1 is 1.26 bits per heavy atom. The summed E-state index contributed by atoms with van der Waals surface area (Å²) in [6.07, 6.45) is 4.87. The molecule has 0 aliphatic carbocycles. The molecule has 1 atom stereocenters. The Hall–Kier alpha value is -2.30. The van der Waals surface area contributed by atoms with Crippen LogP contribution in [0.15, 0.2) is 41.7 Å². The van der Waals surface area contributed by atoms with E-state index in [0.29, 0.717) is 5.92 Å². The molecule has 5 nitrogen and oxygen atoms in total.